The molecule has 5 heteroatoms. The number of rotatable bonds is 2. The first-order valence-corrected chi connectivity index (χ1v) is 6.46. The maximum atomic E-state index is 11.2. The lowest BCUT2D eigenvalue weighted by Gasteiger charge is -2.08. The number of halogens is 1. The van der Waals surface area contributed by atoms with Crippen molar-refractivity contribution in [3.63, 3.8) is 0 Å². The van der Waals surface area contributed by atoms with Crippen molar-refractivity contribution < 1.29 is 8.42 Å². The predicted octanol–water partition coefficient (Wildman–Crippen LogP) is 1.95. The fraction of sp³-hybridized carbons (Fsp3) is 0.375. The van der Waals surface area contributed by atoms with E-state index in [0.717, 1.165) is 0 Å². The molecule has 1 atom stereocenters. The van der Waals surface area contributed by atoms with Crippen molar-refractivity contribution in [1.82, 2.24) is 4.98 Å². The van der Waals surface area contributed by atoms with Gasteiger partial charge in [0.1, 0.15) is 4.60 Å². The van der Waals surface area contributed by atoms with E-state index in [1.54, 1.807) is 25.3 Å². The number of nitrogens with zero attached hydrogens (tertiary/aromatic N) is 1. The summed E-state index contributed by atoms with van der Waals surface area (Å²) in [4.78, 5) is 3.97. The molecule has 72 valence electrons. The molecule has 0 spiro atoms. The summed E-state index contributed by atoms with van der Waals surface area (Å²) in [5.41, 5.74) is 0.714. The Bertz CT molecular complexity index is 385. The van der Waals surface area contributed by atoms with Gasteiger partial charge in [-0.25, -0.2) is 13.4 Å². The van der Waals surface area contributed by atoms with Gasteiger partial charge in [-0.05, 0) is 34.5 Å². The summed E-state index contributed by atoms with van der Waals surface area (Å²) in [7, 11) is -3.02. The van der Waals surface area contributed by atoms with Crippen LogP contribution in [0.1, 0.15) is 17.7 Å². The summed E-state index contributed by atoms with van der Waals surface area (Å²) in [6.45, 7) is 1.65. The Labute approximate surface area is 86.2 Å². The molecule has 0 aliphatic carbocycles. The minimum atomic E-state index is -3.02. The maximum Gasteiger partial charge on any atom is 0.154 e. The minimum absolute atomic E-state index is 0.493. The van der Waals surface area contributed by atoms with Gasteiger partial charge in [0.05, 0.1) is 5.25 Å². The molecule has 0 amide bonds. The first-order chi connectivity index (χ1) is 5.91. The van der Waals surface area contributed by atoms with Gasteiger partial charge in [-0.3, -0.25) is 0 Å². The highest BCUT2D eigenvalue weighted by atomic mass is 79.9. The first kappa shape index (κ1) is 10.7. The van der Waals surface area contributed by atoms with Crippen LogP contribution in [0.25, 0.3) is 0 Å². The Hall–Kier alpha value is -0.420. The molecule has 1 rings (SSSR count). The van der Waals surface area contributed by atoms with Crippen molar-refractivity contribution in [2.75, 3.05) is 6.26 Å². The minimum Gasteiger partial charge on any atom is -0.249 e. The third-order valence-electron chi connectivity index (χ3n) is 1.86. The van der Waals surface area contributed by atoms with Crippen molar-refractivity contribution in [2.24, 2.45) is 0 Å². The van der Waals surface area contributed by atoms with E-state index in [2.05, 4.69) is 20.9 Å². The molecule has 0 radical (unpaired) electrons. The molecule has 0 fully saturated rings. The molecule has 1 aromatic rings. The van der Waals surface area contributed by atoms with E-state index >= 15 is 0 Å². The van der Waals surface area contributed by atoms with Crippen molar-refractivity contribution in [3.05, 3.63) is 28.5 Å². The topological polar surface area (TPSA) is 47.0 Å². The molecule has 0 bridgehead atoms. The van der Waals surface area contributed by atoms with E-state index < -0.39 is 15.1 Å². The Balaban J connectivity index is 3.04. The van der Waals surface area contributed by atoms with E-state index in [1.807, 2.05) is 0 Å². The zero-order valence-electron chi connectivity index (χ0n) is 7.36. The van der Waals surface area contributed by atoms with Crippen LogP contribution in [-0.2, 0) is 9.84 Å². The van der Waals surface area contributed by atoms with Gasteiger partial charge < -0.3 is 0 Å². The Morgan fingerprint density at radius 2 is 2.08 bits per heavy atom. The van der Waals surface area contributed by atoms with E-state index in [-0.39, 0.29) is 0 Å². The largest absolute Gasteiger partial charge is 0.249 e. The van der Waals surface area contributed by atoms with E-state index in [0.29, 0.717) is 10.2 Å². The van der Waals surface area contributed by atoms with Crippen molar-refractivity contribution >= 4 is 25.8 Å². The highest BCUT2D eigenvalue weighted by Gasteiger charge is 2.16. The summed E-state index contributed by atoms with van der Waals surface area (Å²) in [6, 6.07) is 3.49. The standard InChI is InChI=1S/C8H10BrNO2S/c1-6(13(2,11)12)7-3-4-8(9)10-5-7/h3-6H,1-2H3. The highest BCUT2D eigenvalue weighted by Crippen LogP contribution is 2.20. The van der Waals surface area contributed by atoms with Crippen LogP contribution in [0.3, 0.4) is 0 Å². The monoisotopic (exact) mass is 263 g/mol. The summed E-state index contributed by atoms with van der Waals surface area (Å²) in [6.07, 6.45) is 2.79. The van der Waals surface area contributed by atoms with Gasteiger partial charge in [-0.2, -0.15) is 0 Å². The van der Waals surface area contributed by atoms with Crippen LogP contribution in [0.2, 0.25) is 0 Å². The zero-order chi connectivity index (χ0) is 10.1. The number of hydrogen-bond acceptors (Lipinski definition) is 3. The lowest BCUT2D eigenvalue weighted by molar-refractivity contribution is 0.592. The van der Waals surface area contributed by atoms with Crippen molar-refractivity contribution in [2.45, 2.75) is 12.2 Å². The molecule has 0 saturated heterocycles. The second-order valence-corrected chi connectivity index (χ2v) is 6.06. The second kappa shape index (κ2) is 3.75. The SMILES string of the molecule is CC(c1ccc(Br)nc1)S(C)(=O)=O. The van der Waals surface area contributed by atoms with Crippen molar-refractivity contribution in [1.29, 1.82) is 0 Å². The Morgan fingerprint density at radius 1 is 1.46 bits per heavy atom. The Morgan fingerprint density at radius 3 is 2.46 bits per heavy atom. The molecule has 0 aromatic carbocycles. The molecule has 1 unspecified atom stereocenters. The normalized spacial score (nSPS) is 14.1. The number of aromatic nitrogens is 1. The van der Waals surface area contributed by atoms with Gasteiger partial charge in [0.15, 0.2) is 9.84 Å². The van der Waals surface area contributed by atoms with Crippen molar-refractivity contribution in [3.8, 4) is 0 Å². The summed E-state index contributed by atoms with van der Waals surface area (Å²) in [5, 5.41) is -0.493. The quantitative estimate of drug-likeness (QED) is 0.767. The average molecular weight is 264 g/mol. The molecular formula is C8H10BrNO2S. The fourth-order valence-corrected chi connectivity index (χ4v) is 1.74. The second-order valence-electron chi connectivity index (χ2n) is 2.89. The van der Waals surface area contributed by atoms with Crippen LogP contribution >= 0.6 is 15.9 Å². The Kier molecular flexibility index (Phi) is 3.08. The summed E-state index contributed by atoms with van der Waals surface area (Å²) < 4.78 is 23.1. The maximum absolute atomic E-state index is 11.2. The van der Waals surface area contributed by atoms with Crippen LogP contribution in [-0.4, -0.2) is 19.7 Å². The van der Waals surface area contributed by atoms with Crippen LogP contribution in [0.15, 0.2) is 22.9 Å². The molecule has 3 nitrogen and oxygen atoms in total. The van der Waals surface area contributed by atoms with E-state index in [4.69, 9.17) is 0 Å². The molecule has 0 N–H and O–H groups in total. The van der Waals surface area contributed by atoms with E-state index in [9.17, 15) is 8.42 Å². The third kappa shape index (κ3) is 2.77. The molecule has 0 aliphatic rings. The van der Waals surface area contributed by atoms with Gasteiger partial charge in [-0.15, -0.1) is 0 Å². The lowest BCUT2D eigenvalue weighted by atomic mass is 10.2. The predicted molar refractivity (Wildman–Crippen MR) is 55.2 cm³/mol. The molecule has 0 aliphatic heterocycles. The molecular weight excluding hydrogens is 254 g/mol. The number of hydrogen-bond donors (Lipinski definition) is 0. The molecule has 13 heavy (non-hydrogen) atoms. The summed E-state index contributed by atoms with van der Waals surface area (Å²) in [5.74, 6) is 0. The number of sulfone groups is 1. The first-order valence-electron chi connectivity index (χ1n) is 3.71. The smallest absolute Gasteiger partial charge is 0.154 e. The zero-order valence-corrected chi connectivity index (χ0v) is 9.76. The van der Waals surface area contributed by atoms with Crippen LogP contribution < -0.4 is 0 Å². The van der Waals surface area contributed by atoms with Crippen LogP contribution in [0.4, 0.5) is 0 Å². The third-order valence-corrected chi connectivity index (χ3v) is 3.89. The summed E-state index contributed by atoms with van der Waals surface area (Å²) >= 11 is 3.18. The number of pyridine rings is 1. The van der Waals surface area contributed by atoms with Gasteiger partial charge in [-0.1, -0.05) is 6.07 Å². The lowest BCUT2D eigenvalue weighted by Crippen LogP contribution is -2.07. The van der Waals surface area contributed by atoms with Crippen LogP contribution in [0, 0.1) is 0 Å². The van der Waals surface area contributed by atoms with Gasteiger partial charge >= 0.3 is 0 Å². The van der Waals surface area contributed by atoms with Gasteiger partial charge in [0.25, 0.3) is 0 Å². The average Bonchev–Trinajstić information content (AvgIpc) is 2.03. The van der Waals surface area contributed by atoms with Gasteiger partial charge in [0, 0.05) is 12.5 Å². The molecule has 1 heterocycles. The molecule has 0 saturated carbocycles. The fourth-order valence-electron chi connectivity index (χ4n) is 0.875. The van der Waals surface area contributed by atoms with E-state index in [1.165, 1.54) is 6.26 Å². The molecule has 1 aromatic heterocycles. The van der Waals surface area contributed by atoms with Gasteiger partial charge in [0.2, 0.25) is 0 Å². The highest BCUT2D eigenvalue weighted by molar-refractivity contribution is 9.10. The van der Waals surface area contributed by atoms with Crippen LogP contribution in [0.5, 0.6) is 0 Å².